The summed E-state index contributed by atoms with van der Waals surface area (Å²) < 4.78 is 61.6. The number of ether oxygens (including phenoxy) is 2. The van der Waals surface area contributed by atoms with Crippen molar-refractivity contribution in [1.82, 2.24) is 4.98 Å². The maximum absolute atomic E-state index is 13.2. The first-order valence-corrected chi connectivity index (χ1v) is 13.3. The fourth-order valence-corrected chi connectivity index (χ4v) is 6.89. The number of aromatic nitrogens is 1. The Morgan fingerprint density at radius 1 is 1.03 bits per heavy atom. The minimum absolute atomic E-state index is 0.0509. The Kier molecular flexibility index (Phi) is 5.67. The van der Waals surface area contributed by atoms with Crippen LogP contribution in [0, 0.1) is 6.92 Å². The smallest absolute Gasteiger partial charge is 0.231 e. The van der Waals surface area contributed by atoms with E-state index in [2.05, 4.69) is 10.3 Å². The summed E-state index contributed by atoms with van der Waals surface area (Å²) in [6, 6.07) is 11.7. The molecule has 0 saturated heterocycles. The van der Waals surface area contributed by atoms with Crippen LogP contribution in [-0.4, -0.2) is 34.4 Å². The van der Waals surface area contributed by atoms with E-state index in [1.165, 1.54) is 19.1 Å². The molecule has 0 amide bonds. The topological polar surface area (TPSA) is 112 Å². The van der Waals surface area contributed by atoms with Gasteiger partial charge in [0.15, 0.2) is 16.5 Å². The van der Waals surface area contributed by atoms with E-state index < -0.39 is 19.7 Å². The summed E-state index contributed by atoms with van der Waals surface area (Å²) in [6.45, 7) is 3.74. The monoisotopic (exact) mass is 480 g/mol. The molecule has 11 heteroatoms. The van der Waals surface area contributed by atoms with Crippen molar-refractivity contribution in [1.29, 1.82) is 0 Å². The first-order chi connectivity index (χ1) is 14.7. The number of benzene rings is 2. The maximum Gasteiger partial charge on any atom is 0.231 e. The molecule has 31 heavy (non-hydrogen) atoms. The Balaban J connectivity index is 1.71. The van der Waals surface area contributed by atoms with Crippen LogP contribution in [0.2, 0.25) is 0 Å². The molecule has 8 nitrogen and oxygen atoms in total. The number of thiazole rings is 1. The standard InChI is InChI=1S/C20H20N2O6S3/c1-3-30(23,24)20-22-19(31(25,26)15-7-4-13(2)5-8-15)18(29-20)21-11-14-6-9-16-17(10-14)28-12-27-16/h4-10,21H,3,11-12H2,1-2H3. The van der Waals surface area contributed by atoms with E-state index in [9.17, 15) is 16.8 Å². The van der Waals surface area contributed by atoms with Crippen LogP contribution in [0.5, 0.6) is 11.5 Å². The van der Waals surface area contributed by atoms with Gasteiger partial charge < -0.3 is 14.8 Å². The molecule has 3 aromatic rings. The summed E-state index contributed by atoms with van der Waals surface area (Å²) in [4.78, 5) is 4.08. The molecular weight excluding hydrogens is 460 g/mol. The summed E-state index contributed by atoms with van der Waals surface area (Å²) in [7, 11) is -7.69. The lowest BCUT2D eigenvalue weighted by Crippen LogP contribution is -2.08. The highest BCUT2D eigenvalue weighted by Gasteiger charge is 2.30. The summed E-state index contributed by atoms with van der Waals surface area (Å²) in [6.07, 6.45) is 0. The van der Waals surface area contributed by atoms with Crippen LogP contribution >= 0.6 is 11.3 Å². The van der Waals surface area contributed by atoms with Crippen LogP contribution in [0.4, 0.5) is 5.00 Å². The van der Waals surface area contributed by atoms with Crippen LogP contribution in [0.1, 0.15) is 18.1 Å². The molecule has 0 unspecified atom stereocenters. The van der Waals surface area contributed by atoms with Crippen molar-refractivity contribution in [2.45, 2.75) is 34.7 Å². The number of hydrogen-bond donors (Lipinski definition) is 1. The van der Waals surface area contributed by atoms with Crippen molar-refractivity contribution >= 4 is 36.0 Å². The fraction of sp³-hybridized carbons (Fsp3) is 0.250. The maximum atomic E-state index is 13.2. The quantitative estimate of drug-likeness (QED) is 0.548. The van der Waals surface area contributed by atoms with Gasteiger partial charge in [-0.15, -0.1) is 0 Å². The highest BCUT2D eigenvalue weighted by molar-refractivity contribution is 7.94. The molecule has 1 aromatic heterocycles. The third-order valence-electron chi connectivity index (χ3n) is 4.70. The van der Waals surface area contributed by atoms with Gasteiger partial charge in [-0.1, -0.05) is 42.0 Å². The third-order valence-corrected chi connectivity index (χ3v) is 9.73. The van der Waals surface area contributed by atoms with Crippen molar-refractivity contribution in [2.75, 3.05) is 17.9 Å². The zero-order chi connectivity index (χ0) is 22.2. The molecule has 1 N–H and O–H groups in total. The third kappa shape index (κ3) is 4.25. The van der Waals surface area contributed by atoms with E-state index in [1.54, 1.807) is 24.3 Å². The lowest BCUT2D eigenvalue weighted by atomic mass is 10.2. The molecular formula is C20H20N2O6S3. The molecule has 0 aliphatic carbocycles. The van der Waals surface area contributed by atoms with Crippen LogP contribution in [-0.2, 0) is 26.2 Å². The number of sulfone groups is 2. The minimum atomic E-state index is -4.02. The first kappa shape index (κ1) is 21.6. The molecule has 2 aromatic carbocycles. The second-order valence-electron chi connectivity index (χ2n) is 6.88. The molecule has 0 fully saturated rings. The molecule has 0 saturated carbocycles. The highest BCUT2D eigenvalue weighted by Crippen LogP contribution is 2.36. The summed E-state index contributed by atoms with van der Waals surface area (Å²) in [5.74, 6) is 1.07. The lowest BCUT2D eigenvalue weighted by Gasteiger charge is -2.08. The predicted molar refractivity (Wildman–Crippen MR) is 116 cm³/mol. The van der Waals surface area contributed by atoms with E-state index in [0.29, 0.717) is 11.5 Å². The van der Waals surface area contributed by atoms with Crippen LogP contribution in [0.25, 0.3) is 0 Å². The molecule has 1 aliphatic rings. The largest absolute Gasteiger partial charge is 0.454 e. The Bertz CT molecular complexity index is 1330. The van der Waals surface area contributed by atoms with Gasteiger partial charge >= 0.3 is 0 Å². The highest BCUT2D eigenvalue weighted by atomic mass is 32.2. The number of anilines is 1. The second kappa shape index (κ2) is 8.13. The number of aryl methyl sites for hydroxylation is 1. The fourth-order valence-electron chi connectivity index (χ4n) is 2.90. The van der Waals surface area contributed by atoms with Gasteiger partial charge in [-0.3, -0.25) is 0 Å². The number of hydrogen-bond acceptors (Lipinski definition) is 9. The Morgan fingerprint density at radius 2 is 1.74 bits per heavy atom. The molecule has 164 valence electrons. The van der Waals surface area contributed by atoms with Crippen LogP contribution < -0.4 is 14.8 Å². The van der Waals surface area contributed by atoms with Gasteiger partial charge in [0.2, 0.25) is 30.8 Å². The van der Waals surface area contributed by atoms with Crippen molar-refractivity contribution in [3.8, 4) is 11.5 Å². The van der Waals surface area contributed by atoms with Crippen molar-refractivity contribution in [3.05, 3.63) is 53.6 Å². The minimum Gasteiger partial charge on any atom is -0.454 e. The Hall–Kier alpha value is -2.63. The molecule has 1 aliphatic heterocycles. The Labute approximate surface area is 184 Å². The van der Waals surface area contributed by atoms with Crippen molar-refractivity contribution in [2.24, 2.45) is 0 Å². The van der Waals surface area contributed by atoms with E-state index in [4.69, 9.17) is 9.47 Å². The van der Waals surface area contributed by atoms with Gasteiger partial charge in [0.05, 0.1) is 10.6 Å². The zero-order valence-electron chi connectivity index (χ0n) is 16.8. The van der Waals surface area contributed by atoms with E-state index in [0.717, 1.165) is 22.5 Å². The van der Waals surface area contributed by atoms with Gasteiger partial charge in [0.25, 0.3) is 0 Å². The van der Waals surface area contributed by atoms with Crippen molar-refractivity contribution in [3.63, 3.8) is 0 Å². The molecule has 0 spiro atoms. The van der Waals surface area contributed by atoms with Gasteiger partial charge in [0.1, 0.15) is 5.00 Å². The molecule has 0 radical (unpaired) electrons. The average Bonchev–Trinajstić information content (AvgIpc) is 3.40. The molecule has 4 rings (SSSR count). The van der Waals surface area contributed by atoms with E-state index in [1.807, 2.05) is 13.0 Å². The van der Waals surface area contributed by atoms with Crippen molar-refractivity contribution < 1.29 is 26.3 Å². The van der Waals surface area contributed by atoms with E-state index >= 15 is 0 Å². The lowest BCUT2D eigenvalue weighted by molar-refractivity contribution is 0.174. The zero-order valence-corrected chi connectivity index (χ0v) is 19.2. The van der Waals surface area contributed by atoms with Gasteiger partial charge in [-0.25, -0.2) is 21.8 Å². The second-order valence-corrected chi connectivity index (χ2v) is 12.2. The SMILES string of the molecule is CCS(=O)(=O)c1nc(S(=O)(=O)c2ccc(C)cc2)c(NCc2ccc3c(c2)OCO3)s1. The number of rotatable bonds is 7. The summed E-state index contributed by atoms with van der Waals surface area (Å²) >= 11 is 0.815. The average molecular weight is 481 g/mol. The van der Waals surface area contributed by atoms with Crippen LogP contribution in [0.3, 0.4) is 0 Å². The first-order valence-electron chi connectivity index (χ1n) is 9.38. The van der Waals surface area contributed by atoms with Gasteiger partial charge in [-0.05, 0) is 36.8 Å². The van der Waals surface area contributed by atoms with E-state index in [-0.39, 0.29) is 38.4 Å². The number of nitrogens with zero attached hydrogens (tertiary/aromatic N) is 1. The number of fused-ring (bicyclic) bond motifs is 1. The number of nitrogens with one attached hydrogen (secondary N) is 1. The van der Waals surface area contributed by atoms with Gasteiger partial charge in [0, 0.05) is 6.54 Å². The summed E-state index contributed by atoms with van der Waals surface area (Å²) in [5.41, 5.74) is 1.73. The predicted octanol–water partition coefficient (Wildman–Crippen LogP) is 3.42. The molecule has 2 heterocycles. The van der Waals surface area contributed by atoms with Gasteiger partial charge in [-0.2, -0.15) is 0 Å². The molecule has 0 atom stereocenters. The van der Waals surface area contributed by atoms with Crippen LogP contribution in [0.15, 0.2) is 56.7 Å². The molecule has 0 bridgehead atoms. The normalized spacial score (nSPS) is 13.4. The summed E-state index contributed by atoms with van der Waals surface area (Å²) in [5, 5.41) is 2.92. The Morgan fingerprint density at radius 3 is 2.45 bits per heavy atom.